The Morgan fingerprint density at radius 3 is 2.77 bits per heavy atom. The second kappa shape index (κ2) is 2.38. The van der Waals surface area contributed by atoms with Crippen LogP contribution in [0.2, 0.25) is 0 Å². The van der Waals surface area contributed by atoms with E-state index in [4.69, 9.17) is 0 Å². The van der Waals surface area contributed by atoms with E-state index in [1.165, 1.54) is 17.5 Å². The monoisotopic (exact) mass is 172 g/mol. The van der Waals surface area contributed by atoms with Crippen LogP contribution >= 0.6 is 0 Å². The summed E-state index contributed by atoms with van der Waals surface area (Å²) < 4.78 is 0. The van der Waals surface area contributed by atoms with Gasteiger partial charge in [-0.2, -0.15) is 0 Å². The van der Waals surface area contributed by atoms with Crippen LogP contribution in [0.5, 0.6) is 0 Å². The summed E-state index contributed by atoms with van der Waals surface area (Å²) in [4.78, 5) is 0. The first kappa shape index (κ1) is 7.19. The van der Waals surface area contributed by atoms with Crippen molar-refractivity contribution in [1.82, 2.24) is 0 Å². The number of aliphatic hydroxyl groups is 1. The third-order valence-corrected chi connectivity index (χ3v) is 3.22. The Bertz CT molecular complexity index is 378. The standard InChI is InChI=1S/C12H12O/c13-10-6-8-5-9(7-10)12-4-2-1-3-11(8)12/h1-4,6,8-9,13H,5,7H2. The molecule has 66 valence electrons. The Hall–Kier alpha value is -1.24. The summed E-state index contributed by atoms with van der Waals surface area (Å²) in [6.07, 6.45) is 4.05. The van der Waals surface area contributed by atoms with Crippen LogP contribution in [0.4, 0.5) is 0 Å². The Balaban J connectivity index is 2.17. The fraction of sp³-hybridized carbons (Fsp3) is 0.333. The zero-order valence-corrected chi connectivity index (χ0v) is 7.40. The Morgan fingerprint density at radius 2 is 1.92 bits per heavy atom. The van der Waals surface area contributed by atoms with Crippen molar-refractivity contribution in [3.05, 3.63) is 47.2 Å². The summed E-state index contributed by atoms with van der Waals surface area (Å²) in [5.41, 5.74) is 2.88. The van der Waals surface area contributed by atoms with E-state index < -0.39 is 0 Å². The number of fused-ring (bicyclic) bond motifs is 5. The summed E-state index contributed by atoms with van der Waals surface area (Å²) in [6.45, 7) is 0. The van der Waals surface area contributed by atoms with Crippen LogP contribution in [-0.2, 0) is 0 Å². The Morgan fingerprint density at radius 1 is 1.15 bits per heavy atom. The van der Waals surface area contributed by atoms with Gasteiger partial charge in [0.2, 0.25) is 0 Å². The molecule has 2 unspecified atom stereocenters. The van der Waals surface area contributed by atoms with Crippen LogP contribution in [0.3, 0.4) is 0 Å². The minimum Gasteiger partial charge on any atom is -0.513 e. The van der Waals surface area contributed by atoms with Gasteiger partial charge in [0.15, 0.2) is 0 Å². The van der Waals surface area contributed by atoms with Crippen molar-refractivity contribution < 1.29 is 5.11 Å². The number of hydrogen-bond acceptors (Lipinski definition) is 1. The second-order valence-corrected chi connectivity index (χ2v) is 4.03. The molecule has 0 saturated carbocycles. The first-order valence-electron chi connectivity index (χ1n) is 4.83. The molecule has 1 aromatic rings. The molecular formula is C12H12O. The van der Waals surface area contributed by atoms with E-state index in [9.17, 15) is 5.11 Å². The van der Waals surface area contributed by atoms with Gasteiger partial charge in [-0.05, 0) is 29.5 Å². The molecule has 0 spiro atoms. The Labute approximate surface area is 77.7 Å². The van der Waals surface area contributed by atoms with Crippen LogP contribution in [0.15, 0.2) is 36.1 Å². The smallest absolute Gasteiger partial charge is 0.0895 e. The topological polar surface area (TPSA) is 20.2 Å². The molecule has 0 aliphatic heterocycles. The van der Waals surface area contributed by atoms with Crippen molar-refractivity contribution in [2.24, 2.45) is 0 Å². The average Bonchev–Trinajstić information content (AvgIpc) is 2.41. The number of allylic oxidation sites excluding steroid dienone is 2. The predicted molar refractivity (Wildman–Crippen MR) is 51.9 cm³/mol. The van der Waals surface area contributed by atoms with E-state index in [1.54, 1.807) is 0 Å². The second-order valence-electron chi connectivity index (χ2n) is 4.03. The van der Waals surface area contributed by atoms with Crippen LogP contribution in [0.1, 0.15) is 35.8 Å². The molecule has 1 nitrogen and oxygen atoms in total. The quantitative estimate of drug-likeness (QED) is 0.637. The molecule has 2 aliphatic rings. The first-order chi connectivity index (χ1) is 6.34. The van der Waals surface area contributed by atoms with Crippen molar-refractivity contribution in [2.75, 3.05) is 0 Å². The molecule has 3 rings (SSSR count). The molecule has 0 amide bonds. The summed E-state index contributed by atoms with van der Waals surface area (Å²) >= 11 is 0. The van der Waals surface area contributed by atoms with Crippen LogP contribution in [0, 0.1) is 0 Å². The SMILES string of the molecule is OC1=CC2CC(C1)c1ccccc12. The highest BCUT2D eigenvalue weighted by molar-refractivity contribution is 5.43. The number of benzene rings is 1. The maximum absolute atomic E-state index is 9.52. The molecule has 1 aromatic carbocycles. The maximum Gasteiger partial charge on any atom is 0.0895 e. The summed E-state index contributed by atoms with van der Waals surface area (Å²) in [5.74, 6) is 1.64. The van der Waals surface area contributed by atoms with Gasteiger partial charge >= 0.3 is 0 Å². The van der Waals surface area contributed by atoms with E-state index in [0.717, 1.165) is 6.42 Å². The van der Waals surface area contributed by atoms with Gasteiger partial charge in [-0.25, -0.2) is 0 Å². The number of aliphatic hydroxyl groups excluding tert-OH is 1. The highest BCUT2D eigenvalue weighted by Gasteiger charge is 2.33. The molecule has 1 heteroatoms. The molecular weight excluding hydrogens is 160 g/mol. The van der Waals surface area contributed by atoms with Gasteiger partial charge < -0.3 is 5.11 Å². The van der Waals surface area contributed by atoms with E-state index in [1.807, 2.05) is 6.08 Å². The van der Waals surface area contributed by atoms with Gasteiger partial charge in [0, 0.05) is 12.3 Å². The fourth-order valence-corrected chi connectivity index (χ4v) is 2.68. The molecule has 0 aromatic heterocycles. The van der Waals surface area contributed by atoms with Crippen molar-refractivity contribution in [1.29, 1.82) is 0 Å². The molecule has 0 saturated heterocycles. The largest absolute Gasteiger partial charge is 0.513 e. The van der Waals surface area contributed by atoms with Gasteiger partial charge in [-0.15, -0.1) is 0 Å². The zero-order valence-electron chi connectivity index (χ0n) is 7.40. The molecule has 13 heavy (non-hydrogen) atoms. The van der Waals surface area contributed by atoms with Crippen molar-refractivity contribution in [2.45, 2.75) is 24.7 Å². The van der Waals surface area contributed by atoms with E-state index in [0.29, 0.717) is 17.6 Å². The minimum atomic E-state index is 0.481. The maximum atomic E-state index is 9.52. The molecule has 0 fully saturated rings. The van der Waals surface area contributed by atoms with Crippen molar-refractivity contribution in [3.63, 3.8) is 0 Å². The van der Waals surface area contributed by atoms with E-state index >= 15 is 0 Å². The van der Waals surface area contributed by atoms with Crippen LogP contribution in [-0.4, -0.2) is 5.11 Å². The van der Waals surface area contributed by atoms with Crippen molar-refractivity contribution in [3.8, 4) is 0 Å². The van der Waals surface area contributed by atoms with Gasteiger partial charge in [0.25, 0.3) is 0 Å². The summed E-state index contributed by atoms with van der Waals surface area (Å²) in [5, 5.41) is 9.52. The van der Waals surface area contributed by atoms with Crippen molar-refractivity contribution >= 4 is 0 Å². The molecule has 1 N–H and O–H groups in total. The lowest BCUT2D eigenvalue weighted by atomic mass is 9.91. The predicted octanol–water partition coefficient (Wildman–Crippen LogP) is 3.10. The normalized spacial score (nSPS) is 29.7. The highest BCUT2D eigenvalue weighted by atomic mass is 16.3. The first-order valence-corrected chi connectivity index (χ1v) is 4.83. The molecule has 0 radical (unpaired) electrons. The van der Waals surface area contributed by atoms with Gasteiger partial charge in [-0.3, -0.25) is 0 Å². The average molecular weight is 172 g/mol. The third-order valence-electron chi connectivity index (χ3n) is 3.22. The number of rotatable bonds is 0. The highest BCUT2D eigenvalue weighted by Crippen LogP contribution is 2.48. The molecule has 0 heterocycles. The zero-order chi connectivity index (χ0) is 8.84. The summed E-state index contributed by atoms with van der Waals surface area (Å²) in [6, 6.07) is 8.57. The molecule has 2 aliphatic carbocycles. The lowest BCUT2D eigenvalue weighted by Crippen LogP contribution is -2.01. The molecule has 2 atom stereocenters. The number of hydrogen-bond donors (Lipinski definition) is 1. The van der Waals surface area contributed by atoms with Gasteiger partial charge in [0.05, 0.1) is 5.76 Å². The van der Waals surface area contributed by atoms with Crippen LogP contribution < -0.4 is 0 Å². The fourth-order valence-electron chi connectivity index (χ4n) is 2.68. The lowest BCUT2D eigenvalue weighted by molar-refractivity contribution is 0.354. The van der Waals surface area contributed by atoms with Gasteiger partial charge in [-0.1, -0.05) is 24.3 Å². The van der Waals surface area contributed by atoms with E-state index in [2.05, 4.69) is 24.3 Å². The molecule has 2 bridgehead atoms. The minimum absolute atomic E-state index is 0.481. The van der Waals surface area contributed by atoms with Gasteiger partial charge in [0.1, 0.15) is 0 Å². The van der Waals surface area contributed by atoms with E-state index in [-0.39, 0.29) is 0 Å². The lowest BCUT2D eigenvalue weighted by Gasteiger charge is -2.15. The summed E-state index contributed by atoms with van der Waals surface area (Å²) in [7, 11) is 0. The Kier molecular flexibility index (Phi) is 1.32. The third kappa shape index (κ3) is 0.932. The van der Waals surface area contributed by atoms with Crippen LogP contribution in [0.25, 0.3) is 0 Å².